The van der Waals surface area contributed by atoms with E-state index in [1.807, 2.05) is 18.2 Å². The highest BCUT2D eigenvalue weighted by Gasteiger charge is 2.25. The van der Waals surface area contributed by atoms with Crippen molar-refractivity contribution >= 4 is 27.6 Å². The summed E-state index contributed by atoms with van der Waals surface area (Å²) < 4.78 is 0. The Kier molecular flexibility index (Phi) is 3.20. The van der Waals surface area contributed by atoms with Crippen LogP contribution in [0, 0.1) is 0 Å². The maximum Gasteiger partial charge on any atom is 0.165 e. The third-order valence-electron chi connectivity index (χ3n) is 5.11. The van der Waals surface area contributed by atoms with Crippen molar-refractivity contribution < 1.29 is 4.79 Å². The molecule has 0 saturated carbocycles. The molecule has 2 aromatic carbocycles. The van der Waals surface area contributed by atoms with Gasteiger partial charge in [0.25, 0.3) is 0 Å². The van der Waals surface area contributed by atoms with Crippen LogP contribution in [-0.4, -0.2) is 15.8 Å². The predicted molar refractivity (Wildman–Crippen MR) is 100 cm³/mol. The molecule has 1 aliphatic carbocycles. The second-order valence-corrected chi connectivity index (χ2v) is 6.74. The Morgan fingerprint density at radius 2 is 1.76 bits per heavy atom. The second-order valence-electron chi connectivity index (χ2n) is 6.74. The molecule has 1 N–H and O–H groups in total. The smallest absolute Gasteiger partial charge is 0.165 e. The molecule has 0 atom stereocenters. The van der Waals surface area contributed by atoms with Gasteiger partial charge in [-0.05, 0) is 24.5 Å². The van der Waals surface area contributed by atoms with Crippen LogP contribution in [0.1, 0.15) is 40.2 Å². The molecule has 0 unspecified atom stereocenters. The minimum absolute atomic E-state index is 0.231. The number of hydrogen-bond donors (Lipinski definition) is 1. The summed E-state index contributed by atoms with van der Waals surface area (Å²) in [5.41, 5.74) is 6.16. The molecule has 2 heterocycles. The van der Waals surface area contributed by atoms with Crippen LogP contribution in [0.15, 0.2) is 54.6 Å². The number of para-hydroxylation sites is 1. The molecule has 4 aromatic rings. The zero-order valence-electron chi connectivity index (χ0n) is 13.9. The molecule has 2 aromatic heterocycles. The molecule has 1 aliphatic rings. The van der Waals surface area contributed by atoms with Crippen molar-refractivity contribution in [2.45, 2.75) is 25.7 Å². The van der Waals surface area contributed by atoms with Crippen molar-refractivity contribution in [1.29, 1.82) is 0 Å². The molecule has 5 rings (SSSR count). The quantitative estimate of drug-likeness (QED) is 0.573. The Balaban J connectivity index is 1.84. The zero-order chi connectivity index (χ0) is 16.8. The van der Waals surface area contributed by atoms with E-state index >= 15 is 0 Å². The molecular formula is C22H18N2O. The van der Waals surface area contributed by atoms with Crippen molar-refractivity contribution in [1.82, 2.24) is 9.97 Å². The van der Waals surface area contributed by atoms with Gasteiger partial charge >= 0.3 is 0 Å². The number of hydrogen-bond acceptors (Lipinski definition) is 2. The highest BCUT2D eigenvalue weighted by atomic mass is 16.1. The first-order chi connectivity index (χ1) is 12.3. The van der Waals surface area contributed by atoms with Crippen LogP contribution in [0.25, 0.3) is 21.8 Å². The summed E-state index contributed by atoms with van der Waals surface area (Å²) in [7, 11) is 0. The van der Waals surface area contributed by atoms with E-state index in [0.29, 0.717) is 6.42 Å². The van der Waals surface area contributed by atoms with Crippen molar-refractivity contribution in [3.05, 3.63) is 77.1 Å². The number of carbonyl (C=O) groups is 1. The maximum absolute atomic E-state index is 12.7. The lowest BCUT2D eigenvalue weighted by atomic mass is 9.90. The van der Waals surface area contributed by atoms with E-state index in [4.69, 9.17) is 4.98 Å². The number of aromatic nitrogens is 2. The molecule has 122 valence electrons. The molecule has 25 heavy (non-hydrogen) atoms. The fourth-order valence-electron chi connectivity index (χ4n) is 3.98. The third-order valence-corrected chi connectivity index (χ3v) is 5.11. The van der Waals surface area contributed by atoms with Crippen molar-refractivity contribution in [3.63, 3.8) is 0 Å². The van der Waals surface area contributed by atoms with E-state index in [1.54, 1.807) is 0 Å². The van der Waals surface area contributed by atoms with Crippen LogP contribution < -0.4 is 0 Å². The summed E-state index contributed by atoms with van der Waals surface area (Å²) in [4.78, 5) is 21.1. The standard InChI is InChI=1S/C22H18N2O/c25-19-12-6-11-17-21(19)20-15-9-4-5-10-16(15)24-22(20)18(23-17)13-14-7-2-1-3-8-14/h1-5,7-10,24H,6,11-13H2. The predicted octanol–water partition coefficient (Wildman–Crippen LogP) is 4.83. The lowest BCUT2D eigenvalue weighted by Crippen LogP contribution is -2.14. The summed E-state index contributed by atoms with van der Waals surface area (Å²) in [6.07, 6.45) is 3.18. The Morgan fingerprint density at radius 3 is 2.64 bits per heavy atom. The van der Waals surface area contributed by atoms with Gasteiger partial charge in [-0.15, -0.1) is 0 Å². The molecule has 3 nitrogen and oxygen atoms in total. The fraction of sp³-hybridized carbons (Fsp3) is 0.182. The average Bonchev–Trinajstić information content (AvgIpc) is 3.03. The number of aromatic amines is 1. The number of ketones is 1. The van der Waals surface area contributed by atoms with Crippen LogP contribution >= 0.6 is 0 Å². The SMILES string of the molecule is O=C1CCCc2nc(Cc3ccccc3)c3[nH]c4ccccc4c3c21. The topological polar surface area (TPSA) is 45.8 Å². The first-order valence-electron chi connectivity index (χ1n) is 8.80. The van der Waals surface area contributed by atoms with Crippen molar-refractivity contribution in [2.75, 3.05) is 0 Å². The minimum Gasteiger partial charge on any atom is -0.353 e. The number of rotatable bonds is 2. The number of Topliss-reactive ketones (excluding diaryl/α,β-unsaturated/α-hetero) is 1. The van der Waals surface area contributed by atoms with Gasteiger partial charge in [-0.1, -0.05) is 48.5 Å². The van der Waals surface area contributed by atoms with Crippen LogP contribution in [0.3, 0.4) is 0 Å². The summed E-state index contributed by atoms with van der Waals surface area (Å²) in [5.74, 6) is 0.231. The molecule has 0 saturated heterocycles. The number of pyridine rings is 1. The first kappa shape index (κ1) is 14.4. The lowest BCUT2D eigenvalue weighted by Gasteiger charge is -2.17. The fourth-order valence-corrected chi connectivity index (χ4v) is 3.98. The van der Waals surface area contributed by atoms with E-state index in [0.717, 1.165) is 58.0 Å². The largest absolute Gasteiger partial charge is 0.353 e. The van der Waals surface area contributed by atoms with Gasteiger partial charge in [-0.2, -0.15) is 0 Å². The number of nitrogens with zero attached hydrogens (tertiary/aromatic N) is 1. The summed E-state index contributed by atoms with van der Waals surface area (Å²) in [6.45, 7) is 0. The molecule has 0 bridgehead atoms. The first-order valence-corrected chi connectivity index (χ1v) is 8.80. The maximum atomic E-state index is 12.7. The van der Waals surface area contributed by atoms with Crippen molar-refractivity contribution in [2.24, 2.45) is 0 Å². The minimum atomic E-state index is 0.231. The summed E-state index contributed by atoms with van der Waals surface area (Å²) >= 11 is 0. The Hall–Kier alpha value is -2.94. The Morgan fingerprint density at radius 1 is 0.960 bits per heavy atom. The number of fused-ring (bicyclic) bond motifs is 5. The number of aryl methyl sites for hydroxylation is 1. The molecule has 0 amide bonds. The van der Waals surface area contributed by atoms with Gasteiger partial charge in [0, 0.05) is 34.7 Å². The normalized spacial score (nSPS) is 14.2. The van der Waals surface area contributed by atoms with Gasteiger partial charge in [-0.25, -0.2) is 0 Å². The van der Waals surface area contributed by atoms with Crippen LogP contribution in [0.4, 0.5) is 0 Å². The van der Waals surface area contributed by atoms with E-state index in [9.17, 15) is 4.79 Å². The molecule has 0 radical (unpaired) electrons. The van der Waals surface area contributed by atoms with Gasteiger partial charge < -0.3 is 4.98 Å². The molecule has 0 fully saturated rings. The van der Waals surface area contributed by atoms with Gasteiger partial charge in [0.05, 0.1) is 16.9 Å². The third kappa shape index (κ3) is 2.27. The van der Waals surface area contributed by atoms with E-state index in [1.165, 1.54) is 5.56 Å². The van der Waals surface area contributed by atoms with Crippen LogP contribution in [-0.2, 0) is 12.8 Å². The summed E-state index contributed by atoms with van der Waals surface area (Å²) in [5, 5.41) is 2.19. The van der Waals surface area contributed by atoms with Gasteiger partial charge in [-0.3, -0.25) is 9.78 Å². The molecule has 0 aliphatic heterocycles. The number of carbonyl (C=O) groups excluding carboxylic acids is 1. The number of benzene rings is 2. The highest BCUT2D eigenvalue weighted by Crippen LogP contribution is 2.35. The van der Waals surface area contributed by atoms with E-state index < -0.39 is 0 Å². The van der Waals surface area contributed by atoms with Gasteiger partial charge in [0.2, 0.25) is 0 Å². The molecular weight excluding hydrogens is 308 g/mol. The molecule has 3 heteroatoms. The summed E-state index contributed by atoms with van der Waals surface area (Å²) in [6, 6.07) is 18.6. The van der Waals surface area contributed by atoms with Crippen LogP contribution in [0.5, 0.6) is 0 Å². The van der Waals surface area contributed by atoms with Crippen LogP contribution in [0.2, 0.25) is 0 Å². The monoisotopic (exact) mass is 326 g/mol. The Labute approximate surface area is 145 Å². The zero-order valence-corrected chi connectivity index (χ0v) is 13.9. The highest BCUT2D eigenvalue weighted by molar-refractivity contribution is 6.19. The Bertz CT molecular complexity index is 1110. The average molecular weight is 326 g/mol. The van der Waals surface area contributed by atoms with Gasteiger partial charge in [0.1, 0.15) is 0 Å². The lowest BCUT2D eigenvalue weighted by molar-refractivity contribution is 0.0973. The van der Waals surface area contributed by atoms with E-state index in [2.05, 4.69) is 41.4 Å². The van der Waals surface area contributed by atoms with E-state index in [-0.39, 0.29) is 5.78 Å². The number of H-pyrrole nitrogens is 1. The molecule has 0 spiro atoms. The number of nitrogens with one attached hydrogen (secondary N) is 1. The van der Waals surface area contributed by atoms with Crippen molar-refractivity contribution in [3.8, 4) is 0 Å². The van der Waals surface area contributed by atoms with Gasteiger partial charge in [0.15, 0.2) is 5.78 Å². The second kappa shape index (κ2) is 5.55.